The van der Waals surface area contributed by atoms with E-state index in [1.54, 1.807) is 29.2 Å². The fourth-order valence-corrected chi connectivity index (χ4v) is 6.47. The first kappa shape index (κ1) is 29.9. The number of allylic oxidation sites excluding steroid dienone is 3. The van der Waals surface area contributed by atoms with E-state index in [2.05, 4.69) is 6.07 Å². The zero-order chi connectivity index (χ0) is 31.2. The van der Waals surface area contributed by atoms with Crippen molar-refractivity contribution in [1.29, 1.82) is 5.26 Å². The van der Waals surface area contributed by atoms with Gasteiger partial charge in [-0.15, -0.1) is 0 Å². The van der Waals surface area contributed by atoms with Gasteiger partial charge in [-0.2, -0.15) is 5.26 Å². The van der Waals surface area contributed by atoms with Crippen molar-refractivity contribution in [2.24, 2.45) is 11.1 Å². The second kappa shape index (κ2) is 11.2. The molecule has 0 bridgehead atoms. The highest BCUT2D eigenvalue weighted by molar-refractivity contribution is 6.30. The Kier molecular flexibility index (Phi) is 7.80. The monoisotopic (exact) mass is 596 g/mol. The van der Waals surface area contributed by atoms with E-state index in [4.69, 9.17) is 22.1 Å². The first-order valence-corrected chi connectivity index (χ1v) is 14.4. The maximum Gasteiger partial charge on any atom is 0.293 e. The van der Waals surface area contributed by atoms with E-state index < -0.39 is 16.3 Å². The zero-order valence-corrected chi connectivity index (χ0v) is 25.6. The fraction of sp³-hybridized carbons (Fsp3) is 0.294. The molecule has 3 aromatic carbocycles. The van der Waals surface area contributed by atoms with Crippen LogP contribution >= 0.6 is 11.6 Å². The molecule has 220 valence electrons. The number of para-hydroxylation sites is 2. The van der Waals surface area contributed by atoms with Crippen LogP contribution in [0.15, 0.2) is 77.3 Å². The van der Waals surface area contributed by atoms with Gasteiger partial charge in [0.25, 0.3) is 5.69 Å². The SMILES string of the molecule is Cc1cc(COc2ccc(Cl)cc2C)c(C)c(C2C(C#N)=C(N)N(c3ccccc3[N+](=O)[O-])C3=C2C(=O)CC(C)(C)C3)c1. The molecule has 2 N–H and O–H groups in total. The van der Waals surface area contributed by atoms with Crippen LogP contribution in [0, 0.1) is 47.6 Å². The number of ketones is 1. The topological polar surface area (TPSA) is 122 Å². The molecule has 8 nitrogen and oxygen atoms in total. The van der Waals surface area contributed by atoms with Gasteiger partial charge in [0, 0.05) is 28.8 Å². The van der Waals surface area contributed by atoms with E-state index in [-0.39, 0.29) is 41.6 Å². The minimum absolute atomic E-state index is 0.0848. The molecule has 0 saturated carbocycles. The number of aryl methyl sites for hydroxylation is 2. The van der Waals surface area contributed by atoms with Crippen LogP contribution in [0.4, 0.5) is 11.4 Å². The molecule has 9 heteroatoms. The average molecular weight is 597 g/mol. The smallest absolute Gasteiger partial charge is 0.293 e. The first-order valence-electron chi connectivity index (χ1n) is 14.0. The van der Waals surface area contributed by atoms with Crippen LogP contribution in [0.25, 0.3) is 0 Å². The molecule has 43 heavy (non-hydrogen) atoms. The van der Waals surface area contributed by atoms with Crippen LogP contribution in [0.3, 0.4) is 0 Å². The van der Waals surface area contributed by atoms with E-state index in [1.807, 2.05) is 58.9 Å². The van der Waals surface area contributed by atoms with E-state index in [0.29, 0.717) is 28.5 Å². The van der Waals surface area contributed by atoms with Crippen molar-refractivity contribution in [3.05, 3.63) is 120 Å². The highest BCUT2D eigenvalue weighted by Crippen LogP contribution is 2.52. The summed E-state index contributed by atoms with van der Waals surface area (Å²) < 4.78 is 6.18. The number of nitriles is 1. The number of ether oxygens (including phenoxy) is 1. The molecule has 0 amide bonds. The lowest BCUT2D eigenvalue weighted by atomic mass is 9.68. The Morgan fingerprint density at radius 3 is 2.53 bits per heavy atom. The van der Waals surface area contributed by atoms with Gasteiger partial charge in [-0.05, 0) is 79.1 Å². The molecule has 5 rings (SSSR count). The molecule has 1 aliphatic heterocycles. The van der Waals surface area contributed by atoms with Gasteiger partial charge in [0.2, 0.25) is 0 Å². The maximum atomic E-state index is 14.0. The predicted octanol–water partition coefficient (Wildman–Crippen LogP) is 7.69. The largest absolute Gasteiger partial charge is 0.489 e. The normalized spacial score (nSPS) is 17.9. The summed E-state index contributed by atoms with van der Waals surface area (Å²) in [6.07, 6.45) is 0.731. The van der Waals surface area contributed by atoms with Crippen LogP contribution < -0.4 is 15.4 Å². The molecule has 1 aliphatic carbocycles. The summed E-state index contributed by atoms with van der Waals surface area (Å²) in [5.41, 5.74) is 12.1. The van der Waals surface area contributed by atoms with Gasteiger partial charge in [0.05, 0.1) is 22.5 Å². The van der Waals surface area contributed by atoms with Crippen LogP contribution in [0.5, 0.6) is 5.75 Å². The van der Waals surface area contributed by atoms with Crippen molar-refractivity contribution < 1.29 is 14.5 Å². The number of nitrogens with two attached hydrogens (primary N) is 1. The molecule has 0 spiro atoms. The Balaban J connectivity index is 1.69. The maximum absolute atomic E-state index is 14.0. The van der Waals surface area contributed by atoms with Crippen molar-refractivity contribution in [2.45, 2.75) is 60.0 Å². The molecule has 1 heterocycles. The lowest BCUT2D eigenvalue weighted by Crippen LogP contribution is -2.42. The highest BCUT2D eigenvalue weighted by Gasteiger charge is 2.46. The van der Waals surface area contributed by atoms with E-state index >= 15 is 0 Å². The summed E-state index contributed by atoms with van der Waals surface area (Å²) in [7, 11) is 0. The number of nitrogens with zero attached hydrogens (tertiary/aromatic N) is 3. The molecular formula is C34H33ClN4O4. The summed E-state index contributed by atoms with van der Waals surface area (Å²) in [5, 5.41) is 23.2. The summed E-state index contributed by atoms with van der Waals surface area (Å²) >= 11 is 6.12. The average Bonchev–Trinajstić information content (AvgIpc) is 2.93. The number of hydrogen-bond acceptors (Lipinski definition) is 7. The molecule has 1 atom stereocenters. The second-order valence-corrected chi connectivity index (χ2v) is 12.5. The molecule has 3 aromatic rings. The van der Waals surface area contributed by atoms with Gasteiger partial charge in [-0.1, -0.05) is 55.3 Å². The molecule has 2 aliphatic rings. The third-order valence-electron chi connectivity index (χ3n) is 8.23. The van der Waals surface area contributed by atoms with Crippen molar-refractivity contribution in [1.82, 2.24) is 0 Å². The standard InChI is InChI=1S/C34H33ClN4O4/c1-19-12-22(18-43-30-11-10-23(35)14-20(30)2)21(3)24(13-19)31-25(17-36)33(37)38(26-8-6-7-9-27(26)39(41)42)28-15-34(4,5)16-29(40)32(28)31/h6-14,31H,15-16,18,37H2,1-5H3. The minimum atomic E-state index is -0.724. The highest BCUT2D eigenvalue weighted by atomic mass is 35.5. The quantitative estimate of drug-likeness (QED) is 0.228. The summed E-state index contributed by atoms with van der Waals surface area (Å²) in [4.78, 5) is 27.1. The van der Waals surface area contributed by atoms with Gasteiger partial charge in [-0.3, -0.25) is 19.8 Å². The lowest BCUT2D eigenvalue weighted by molar-refractivity contribution is -0.384. The molecule has 0 radical (unpaired) electrons. The number of nitro benzene ring substituents is 1. The van der Waals surface area contributed by atoms with Crippen molar-refractivity contribution in [3.63, 3.8) is 0 Å². The number of nitro groups is 1. The fourth-order valence-electron chi connectivity index (χ4n) is 6.25. The number of halogens is 1. The number of Topliss-reactive ketones (excluding diaryl/α,β-unsaturated/α-hetero) is 1. The Bertz CT molecular complexity index is 1780. The molecule has 0 fully saturated rings. The zero-order valence-electron chi connectivity index (χ0n) is 24.8. The molecule has 0 saturated heterocycles. The van der Waals surface area contributed by atoms with Gasteiger partial charge < -0.3 is 10.5 Å². The van der Waals surface area contributed by atoms with Gasteiger partial charge >= 0.3 is 0 Å². The van der Waals surface area contributed by atoms with Gasteiger partial charge in [-0.25, -0.2) is 0 Å². The van der Waals surface area contributed by atoms with Crippen LogP contribution in [0.2, 0.25) is 5.02 Å². The van der Waals surface area contributed by atoms with E-state index in [0.717, 1.165) is 27.8 Å². The number of anilines is 1. The summed E-state index contributed by atoms with van der Waals surface area (Å²) in [6, 6.07) is 18.0. The second-order valence-electron chi connectivity index (χ2n) is 12.1. The van der Waals surface area contributed by atoms with Crippen molar-refractivity contribution in [2.75, 3.05) is 4.90 Å². The number of rotatable bonds is 6. The number of hydrogen-bond donors (Lipinski definition) is 1. The Labute approximate surface area is 256 Å². The number of carbonyl (C=O) groups excluding carboxylic acids is 1. The van der Waals surface area contributed by atoms with Crippen LogP contribution in [-0.4, -0.2) is 10.7 Å². The Morgan fingerprint density at radius 2 is 1.86 bits per heavy atom. The number of benzene rings is 3. The van der Waals surface area contributed by atoms with Crippen molar-refractivity contribution in [3.8, 4) is 11.8 Å². The van der Waals surface area contributed by atoms with Gasteiger partial charge in [0.15, 0.2) is 5.78 Å². The van der Waals surface area contributed by atoms with Crippen LogP contribution in [-0.2, 0) is 11.4 Å². The molecule has 0 aromatic heterocycles. The van der Waals surface area contributed by atoms with Gasteiger partial charge in [0.1, 0.15) is 23.9 Å². The lowest BCUT2D eigenvalue weighted by Gasteiger charge is -2.43. The summed E-state index contributed by atoms with van der Waals surface area (Å²) in [6.45, 7) is 10.1. The third-order valence-corrected chi connectivity index (χ3v) is 8.47. The van der Waals surface area contributed by atoms with E-state index in [9.17, 15) is 20.2 Å². The molecule has 1 unspecified atom stereocenters. The minimum Gasteiger partial charge on any atom is -0.489 e. The van der Waals surface area contributed by atoms with E-state index in [1.165, 1.54) is 6.07 Å². The first-order chi connectivity index (χ1) is 20.3. The number of carbonyl (C=O) groups is 1. The van der Waals surface area contributed by atoms with Crippen LogP contribution in [0.1, 0.15) is 60.4 Å². The third kappa shape index (κ3) is 5.49. The summed E-state index contributed by atoms with van der Waals surface area (Å²) in [5.74, 6) is -0.0307. The molecular weight excluding hydrogens is 564 g/mol. The predicted molar refractivity (Wildman–Crippen MR) is 167 cm³/mol. The van der Waals surface area contributed by atoms with Crippen molar-refractivity contribution >= 4 is 28.8 Å². The Morgan fingerprint density at radius 1 is 1.14 bits per heavy atom. The Hall–Kier alpha value is -4.61.